The molecule has 0 heterocycles. The van der Waals surface area contributed by atoms with Crippen molar-refractivity contribution in [2.75, 3.05) is 13.1 Å². The summed E-state index contributed by atoms with van der Waals surface area (Å²) in [6.45, 7) is 6.75. The summed E-state index contributed by atoms with van der Waals surface area (Å²) in [7, 11) is 0. The first-order chi connectivity index (χ1) is 7.88. The maximum atomic E-state index is 10.8. The largest absolute Gasteiger partial charge is 0.869 e. The van der Waals surface area contributed by atoms with Crippen LogP contribution in [0.1, 0.15) is 13.8 Å². The SMILES string of the molecule is CC[NH2+]CC.O=C1C(O)=C(Cl)C(=O)C([O-])=C1Cl. The lowest BCUT2D eigenvalue weighted by molar-refractivity contribution is -0.648. The first-order valence-electron chi connectivity index (χ1n) is 4.94. The van der Waals surface area contributed by atoms with Crippen LogP contribution in [0.2, 0.25) is 0 Å². The molecule has 0 radical (unpaired) electrons. The topological polar surface area (TPSA) is 94.0 Å². The lowest BCUT2D eigenvalue weighted by Gasteiger charge is -2.17. The van der Waals surface area contributed by atoms with Crippen LogP contribution in [-0.2, 0) is 9.59 Å². The number of hydrogen-bond donors (Lipinski definition) is 2. The van der Waals surface area contributed by atoms with Crippen LogP contribution in [0.5, 0.6) is 0 Å². The number of nitrogens with two attached hydrogens (primary N) is 1. The minimum Gasteiger partial charge on any atom is -0.869 e. The summed E-state index contributed by atoms with van der Waals surface area (Å²) in [5.74, 6) is -4.46. The lowest BCUT2D eigenvalue weighted by atomic mass is 10.1. The first kappa shape index (κ1) is 16.0. The van der Waals surface area contributed by atoms with Gasteiger partial charge in [0.2, 0.25) is 5.78 Å². The van der Waals surface area contributed by atoms with Crippen LogP contribution in [0.25, 0.3) is 0 Å². The third kappa shape index (κ3) is 4.03. The fraction of sp³-hybridized carbons (Fsp3) is 0.400. The van der Waals surface area contributed by atoms with E-state index >= 15 is 0 Å². The average Bonchev–Trinajstić information content (AvgIpc) is 2.33. The van der Waals surface area contributed by atoms with Gasteiger partial charge in [-0.05, 0) is 19.6 Å². The molecule has 0 atom stereocenters. The number of quaternary nitrogens is 1. The van der Waals surface area contributed by atoms with Gasteiger partial charge < -0.3 is 15.5 Å². The van der Waals surface area contributed by atoms with E-state index in [0.29, 0.717) is 0 Å². The monoisotopic (exact) mass is 281 g/mol. The third-order valence-corrected chi connectivity index (χ3v) is 2.50. The quantitative estimate of drug-likeness (QED) is 0.670. The summed E-state index contributed by atoms with van der Waals surface area (Å²) in [4.78, 5) is 21.5. The molecule has 17 heavy (non-hydrogen) atoms. The van der Waals surface area contributed by atoms with Crippen LogP contribution < -0.4 is 10.4 Å². The molecule has 1 rings (SSSR count). The molecule has 0 unspecified atom stereocenters. The molecule has 0 aromatic carbocycles. The van der Waals surface area contributed by atoms with Gasteiger partial charge in [-0.25, -0.2) is 0 Å². The fourth-order valence-corrected chi connectivity index (χ4v) is 1.25. The Kier molecular flexibility index (Phi) is 6.87. The summed E-state index contributed by atoms with van der Waals surface area (Å²) in [5, 5.41) is 20.2. The van der Waals surface area contributed by atoms with E-state index in [4.69, 9.17) is 28.3 Å². The number of aliphatic hydroxyl groups excluding tert-OH is 1. The second-order valence-electron chi connectivity index (χ2n) is 3.07. The molecular weight excluding hydrogens is 269 g/mol. The Morgan fingerprint density at radius 2 is 1.59 bits per heavy atom. The number of aliphatic hydroxyl groups is 1. The summed E-state index contributed by atoms with van der Waals surface area (Å²) in [6, 6.07) is 0. The number of allylic oxidation sites excluding steroid dienone is 2. The van der Waals surface area contributed by atoms with E-state index in [-0.39, 0.29) is 0 Å². The lowest BCUT2D eigenvalue weighted by Crippen LogP contribution is -2.82. The number of ketones is 2. The fourth-order valence-electron chi connectivity index (χ4n) is 0.902. The van der Waals surface area contributed by atoms with Gasteiger partial charge in [-0.1, -0.05) is 23.2 Å². The highest BCUT2D eigenvalue weighted by Gasteiger charge is 2.28. The third-order valence-electron chi connectivity index (χ3n) is 1.80. The Morgan fingerprint density at radius 1 is 1.12 bits per heavy atom. The molecule has 0 fully saturated rings. The van der Waals surface area contributed by atoms with Crippen LogP contribution in [-0.4, -0.2) is 29.8 Å². The minimum atomic E-state index is -1.19. The normalized spacial score (nSPS) is 16.0. The van der Waals surface area contributed by atoms with Crippen molar-refractivity contribution >= 4 is 34.8 Å². The van der Waals surface area contributed by atoms with Crippen LogP contribution >= 0.6 is 23.2 Å². The van der Waals surface area contributed by atoms with Gasteiger partial charge in [0, 0.05) is 0 Å². The van der Waals surface area contributed by atoms with E-state index in [1.165, 1.54) is 13.1 Å². The van der Waals surface area contributed by atoms with E-state index in [1.54, 1.807) is 0 Å². The van der Waals surface area contributed by atoms with Crippen LogP contribution in [0, 0.1) is 0 Å². The van der Waals surface area contributed by atoms with Gasteiger partial charge in [0.15, 0.2) is 11.5 Å². The summed E-state index contributed by atoms with van der Waals surface area (Å²) < 4.78 is 0. The Hall–Kier alpha value is -1.04. The molecule has 96 valence electrons. The number of carbonyl (C=O) groups is 2. The molecule has 0 aliphatic heterocycles. The van der Waals surface area contributed by atoms with E-state index in [2.05, 4.69) is 19.2 Å². The molecule has 0 bridgehead atoms. The maximum absolute atomic E-state index is 10.8. The van der Waals surface area contributed by atoms with E-state index in [1.807, 2.05) is 0 Å². The Balaban J connectivity index is 0.000000437. The second kappa shape index (κ2) is 7.32. The van der Waals surface area contributed by atoms with Crippen molar-refractivity contribution in [3.8, 4) is 0 Å². The highest BCUT2D eigenvalue weighted by Crippen LogP contribution is 2.24. The molecule has 1 aliphatic rings. The van der Waals surface area contributed by atoms with Crippen molar-refractivity contribution < 1.29 is 25.1 Å². The van der Waals surface area contributed by atoms with Crippen LogP contribution in [0.4, 0.5) is 0 Å². The summed E-state index contributed by atoms with van der Waals surface area (Å²) >= 11 is 10.3. The molecule has 1 aliphatic carbocycles. The Morgan fingerprint density at radius 3 is 1.94 bits per heavy atom. The van der Waals surface area contributed by atoms with Crippen molar-refractivity contribution in [3.05, 3.63) is 21.6 Å². The zero-order valence-corrected chi connectivity index (χ0v) is 10.9. The van der Waals surface area contributed by atoms with Gasteiger partial charge in [0.1, 0.15) is 5.03 Å². The zero-order valence-electron chi connectivity index (χ0n) is 9.42. The molecule has 0 saturated heterocycles. The maximum Gasteiger partial charge on any atom is 0.239 e. The molecule has 0 aromatic heterocycles. The first-order valence-corrected chi connectivity index (χ1v) is 5.70. The van der Waals surface area contributed by atoms with Crippen LogP contribution in [0.15, 0.2) is 21.6 Å². The van der Waals surface area contributed by atoms with Crippen molar-refractivity contribution in [2.24, 2.45) is 0 Å². The number of carbonyl (C=O) groups excluding carboxylic acids is 2. The van der Waals surface area contributed by atoms with Gasteiger partial charge in [-0.15, -0.1) is 0 Å². The van der Waals surface area contributed by atoms with Gasteiger partial charge in [0.05, 0.1) is 18.1 Å². The number of Topliss-reactive ketones (excluding diaryl/α,β-unsaturated/α-hetero) is 2. The molecule has 5 nitrogen and oxygen atoms in total. The molecule has 0 aromatic rings. The minimum absolute atomic E-state index is 0.783. The number of hydrogen-bond acceptors (Lipinski definition) is 4. The predicted octanol–water partition coefficient (Wildman–Crippen LogP) is -0.453. The molecule has 0 amide bonds. The van der Waals surface area contributed by atoms with E-state index < -0.39 is 33.1 Å². The van der Waals surface area contributed by atoms with Gasteiger partial charge >= 0.3 is 0 Å². The Labute approximate surface area is 109 Å². The second-order valence-corrected chi connectivity index (χ2v) is 3.83. The summed E-state index contributed by atoms with van der Waals surface area (Å²) in [6.07, 6.45) is 0. The number of halogens is 2. The van der Waals surface area contributed by atoms with Crippen molar-refractivity contribution in [2.45, 2.75) is 13.8 Å². The summed E-state index contributed by atoms with van der Waals surface area (Å²) in [5.41, 5.74) is 0. The van der Waals surface area contributed by atoms with Crippen molar-refractivity contribution in [3.63, 3.8) is 0 Å². The molecule has 0 saturated carbocycles. The van der Waals surface area contributed by atoms with E-state index in [9.17, 15) is 14.7 Å². The van der Waals surface area contributed by atoms with Gasteiger partial charge in [-0.3, -0.25) is 9.59 Å². The smallest absolute Gasteiger partial charge is 0.239 e. The zero-order chi connectivity index (χ0) is 13.6. The van der Waals surface area contributed by atoms with Crippen molar-refractivity contribution in [1.29, 1.82) is 0 Å². The van der Waals surface area contributed by atoms with Gasteiger partial charge in [-0.2, -0.15) is 0 Å². The van der Waals surface area contributed by atoms with Crippen LogP contribution in [0.3, 0.4) is 0 Å². The number of rotatable bonds is 2. The van der Waals surface area contributed by atoms with E-state index in [0.717, 1.165) is 0 Å². The highest BCUT2D eigenvalue weighted by molar-refractivity contribution is 6.55. The van der Waals surface area contributed by atoms with Gasteiger partial charge in [0.25, 0.3) is 0 Å². The average molecular weight is 282 g/mol. The molecule has 0 spiro atoms. The molecule has 3 N–H and O–H groups in total. The Bertz CT molecular complexity index is 324. The highest BCUT2D eigenvalue weighted by atomic mass is 35.5. The predicted molar refractivity (Wildman–Crippen MR) is 61.4 cm³/mol. The molecular formula is C10H13Cl2NO4. The standard InChI is InChI=1S/C6H2Cl2O4.C4H11N/c7-1-3(9)5(11)2(8)6(12)4(1)10;1-3-5-4-2/h9,12H;5H,3-4H2,1-2H3. The van der Waals surface area contributed by atoms with Crippen molar-refractivity contribution in [1.82, 2.24) is 0 Å². The molecule has 7 heteroatoms.